The third kappa shape index (κ3) is 5.09. The van der Waals surface area contributed by atoms with Gasteiger partial charge in [0.2, 0.25) is 11.1 Å². The lowest BCUT2D eigenvalue weighted by Crippen LogP contribution is -2.30. The maximum atomic E-state index is 13.4. The highest BCUT2D eigenvalue weighted by Crippen LogP contribution is 2.41. The molecule has 0 fully saturated rings. The standard InChI is InChI=1S/C24H25BrN4O3S/c1-4-12-33-24-27-23-26-15(2)20(22(30)32-14-16-8-6-5-7-9-16)21(29(23)28-24)18-13-17(25)10-11-19(18)31-3/h5-11,13,21H,4,12,14H2,1-3H3,(H,26,27,28). The van der Waals surface area contributed by atoms with Crippen LogP contribution in [0.1, 0.15) is 37.4 Å². The van der Waals surface area contributed by atoms with E-state index in [1.54, 1.807) is 23.6 Å². The van der Waals surface area contributed by atoms with Gasteiger partial charge >= 0.3 is 5.97 Å². The van der Waals surface area contributed by atoms with Crippen LogP contribution in [0.25, 0.3) is 0 Å². The topological polar surface area (TPSA) is 78.3 Å². The van der Waals surface area contributed by atoms with E-state index in [0.29, 0.717) is 28.1 Å². The summed E-state index contributed by atoms with van der Waals surface area (Å²) in [5, 5.41) is 8.63. The molecule has 0 saturated heterocycles. The zero-order valence-electron chi connectivity index (χ0n) is 18.7. The second-order valence-electron chi connectivity index (χ2n) is 7.53. The van der Waals surface area contributed by atoms with E-state index in [-0.39, 0.29) is 6.61 Å². The molecule has 0 amide bonds. The van der Waals surface area contributed by atoms with Crippen molar-refractivity contribution in [1.29, 1.82) is 0 Å². The zero-order valence-corrected chi connectivity index (χ0v) is 21.1. The van der Waals surface area contributed by atoms with E-state index in [2.05, 4.69) is 33.2 Å². The summed E-state index contributed by atoms with van der Waals surface area (Å²) >= 11 is 5.14. The average Bonchev–Trinajstić information content (AvgIpc) is 3.23. The number of hydrogen-bond donors (Lipinski definition) is 1. The number of esters is 1. The predicted octanol–water partition coefficient (Wildman–Crippen LogP) is 5.58. The lowest BCUT2D eigenvalue weighted by atomic mass is 9.95. The lowest BCUT2D eigenvalue weighted by molar-refractivity contribution is -0.140. The molecule has 1 unspecified atom stereocenters. The number of methoxy groups -OCH3 is 1. The number of nitrogens with one attached hydrogen (secondary N) is 1. The molecule has 1 N–H and O–H groups in total. The number of hydrogen-bond acceptors (Lipinski definition) is 7. The van der Waals surface area contributed by atoms with Crippen molar-refractivity contribution in [1.82, 2.24) is 14.8 Å². The normalized spacial score (nSPS) is 15.1. The lowest BCUT2D eigenvalue weighted by Gasteiger charge is -2.29. The van der Waals surface area contributed by atoms with E-state index in [1.165, 1.54) is 0 Å². The molecule has 4 rings (SSSR count). The van der Waals surface area contributed by atoms with Crippen LogP contribution in [0.5, 0.6) is 5.75 Å². The first-order chi connectivity index (χ1) is 16.0. The zero-order chi connectivity index (χ0) is 23.4. The molecule has 1 aliphatic heterocycles. The Morgan fingerprint density at radius 3 is 2.76 bits per heavy atom. The van der Waals surface area contributed by atoms with Gasteiger partial charge in [0.05, 0.1) is 12.7 Å². The molecule has 1 aromatic heterocycles. The van der Waals surface area contributed by atoms with Gasteiger partial charge in [-0.15, -0.1) is 5.10 Å². The SMILES string of the molecule is CCCSc1nc2n(n1)C(c1cc(Br)ccc1OC)C(C(=O)OCc1ccccc1)=C(C)N2. The second-order valence-corrected chi connectivity index (χ2v) is 9.50. The van der Waals surface area contributed by atoms with Crippen LogP contribution in [0.2, 0.25) is 0 Å². The molecule has 2 aromatic carbocycles. The maximum Gasteiger partial charge on any atom is 0.338 e. The van der Waals surface area contributed by atoms with Crippen LogP contribution in [0.15, 0.2) is 69.4 Å². The number of thioether (sulfide) groups is 1. The summed E-state index contributed by atoms with van der Waals surface area (Å²) in [6.45, 7) is 4.15. The van der Waals surface area contributed by atoms with Crippen LogP contribution < -0.4 is 10.1 Å². The second kappa shape index (κ2) is 10.4. The number of aromatic nitrogens is 3. The van der Waals surface area contributed by atoms with Gasteiger partial charge in [0, 0.05) is 21.5 Å². The number of benzene rings is 2. The first-order valence-corrected chi connectivity index (χ1v) is 12.4. The van der Waals surface area contributed by atoms with Crippen molar-refractivity contribution in [2.45, 2.75) is 38.1 Å². The fraction of sp³-hybridized carbons (Fsp3) is 0.292. The predicted molar refractivity (Wildman–Crippen MR) is 132 cm³/mol. The summed E-state index contributed by atoms with van der Waals surface area (Å²) in [6.07, 6.45) is 1.01. The van der Waals surface area contributed by atoms with Crippen molar-refractivity contribution in [2.75, 3.05) is 18.2 Å². The van der Waals surface area contributed by atoms with Crippen LogP contribution in [0, 0.1) is 0 Å². The minimum atomic E-state index is -0.555. The molecule has 3 aromatic rings. The van der Waals surface area contributed by atoms with Crippen LogP contribution >= 0.6 is 27.7 Å². The number of rotatable bonds is 8. The molecule has 0 spiro atoms. The number of fused-ring (bicyclic) bond motifs is 1. The highest BCUT2D eigenvalue weighted by atomic mass is 79.9. The molecular formula is C24H25BrN4O3S. The molecule has 0 saturated carbocycles. The Morgan fingerprint density at radius 1 is 1.24 bits per heavy atom. The minimum Gasteiger partial charge on any atom is -0.496 e. The Bertz CT molecular complexity index is 1180. The number of carbonyl (C=O) groups is 1. The van der Waals surface area contributed by atoms with E-state index in [0.717, 1.165) is 27.8 Å². The van der Waals surface area contributed by atoms with Gasteiger partial charge in [-0.25, -0.2) is 9.48 Å². The van der Waals surface area contributed by atoms with Gasteiger partial charge < -0.3 is 14.8 Å². The number of anilines is 1. The molecule has 1 aliphatic rings. The highest BCUT2D eigenvalue weighted by molar-refractivity contribution is 9.10. The first kappa shape index (κ1) is 23.4. The average molecular weight is 529 g/mol. The molecule has 2 heterocycles. The highest BCUT2D eigenvalue weighted by Gasteiger charge is 2.37. The molecular weight excluding hydrogens is 504 g/mol. The van der Waals surface area contributed by atoms with E-state index < -0.39 is 12.0 Å². The van der Waals surface area contributed by atoms with Gasteiger partial charge in [-0.2, -0.15) is 4.98 Å². The van der Waals surface area contributed by atoms with Crippen LogP contribution in [0.3, 0.4) is 0 Å². The summed E-state index contributed by atoms with van der Waals surface area (Å²) in [5.41, 5.74) is 2.85. The molecule has 1 atom stereocenters. The van der Waals surface area contributed by atoms with Gasteiger partial charge in [-0.3, -0.25) is 0 Å². The van der Waals surface area contributed by atoms with E-state index in [4.69, 9.17) is 14.6 Å². The molecule has 33 heavy (non-hydrogen) atoms. The third-order valence-corrected chi connectivity index (χ3v) is 6.72. The molecule has 172 valence electrons. The molecule has 0 aliphatic carbocycles. The van der Waals surface area contributed by atoms with Crippen molar-refractivity contribution in [3.05, 3.63) is 75.4 Å². The van der Waals surface area contributed by atoms with Crippen LogP contribution in [-0.2, 0) is 16.1 Å². The van der Waals surface area contributed by atoms with Crippen molar-refractivity contribution in [3.63, 3.8) is 0 Å². The smallest absolute Gasteiger partial charge is 0.338 e. The minimum absolute atomic E-state index is 0.181. The van der Waals surface area contributed by atoms with Crippen LogP contribution in [0.4, 0.5) is 5.95 Å². The van der Waals surface area contributed by atoms with Gasteiger partial charge in [-0.1, -0.05) is 64.9 Å². The Kier molecular flexibility index (Phi) is 7.39. The fourth-order valence-corrected chi connectivity index (χ4v) is 4.72. The number of carbonyl (C=O) groups excluding carboxylic acids is 1. The summed E-state index contributed by atoms with van der Waals surface area (Å²) < 4.78 is 14.0. The maximum absolute atomic E-state index is 13.4. The quantitative estimate of drug-likeness (QED) is 0.301. The van der Waals surface area contributed by atoms with Gasteiger partial charge in [0.1, 0.15) is 18.4 Å². The number of ether oxygens (including phenoxy) is 2. The third-order valence-electron chi connectivity index (χ3n) is 5.19. The molecule has 0 radical (unpaired) electrons. The number of halogens is 1. The van der Waals surface area contributed by atoms with Crippen LogP contribution in [-0.4, -0.2) is 33.6 Å². The van der Waals surface area contributed by atoms with Gasteiger partial charge in [0.25, 0.3) is 0 Å². The monoisotopic (exact) mass is 528 g/mol. The summed E-state index contributed by atoms with van der Waals surface area (Å²) in [7, 11) is 1.61. The number of nitrogens with zero attached hydrogens (tertiary/aromatic N) is 3. The molecule has 0 bridgehead atoms. The van der Waals surface area contributed by atoms with Gasteiger partial charge in [-0.05, 0) is 37.1 Å². The summed E-state index contributed by atoms with van der Waals surface area (Å²) in [5.74, 6) is 1.72. The summed E-state index contributed by atoms with van der Waals surface area (Å²) in [4.78, 5) is 18.0. The largest absolute Gasteiger partial charge is 0.496 e. The summed E-state index contributed by atoms with van der Waals surface area (Å²) in [6, 6.07) is 14.8. The van der Waals surface area contributed by atoms with Gasteiger partial charge in [0.15, 0.2) is 0 Å². The fourth-order valence-electron chi connectivity index (χ4n) is 3.66. The Morgan fingerprint density at radius 2 is 2.03 bits per heavy atom. The van der Waals surface area contributed by atoms with Crippen molar-refractivity contribution in [3.8, 4) is 5.75 Å². The number of allylic oxidation sites excluding steroid dienone is 1. The van der Waals surface area contributed by atoms with E-state index in [1.807, 2.05) is 55.5 Å². The first-order valence-electron chi connectivity index (χ1n) is 10.6. The van der Waals surface area contributed by atoms with E-state index >= 15 is 0 Å². The van der Waals surface area contributed by atoms with E-state index in [9.17, 15) is 4.79 Å². The Labute approximate surface area is 205 Å². The van der Waals surface area contributed by atoms with Crippen molar-refractivity contribution >= 4 is 39.6 Å². The Balaban J connectivity index is 1.76. The Hall–Kier alpha value is -2.78. The van der Waals surface area contributed by atoms with Crippen molar-refractivity contribution in [2.24, 2.45) is 0 Å². The molecule has 7 nitrogen and oxygen atoms in total. The molecule has 9 heteroatoms. The van der Waals surface area contributed by atoms with Crippen molar-refractivity contribution < 1.29 is 14.3 Å².